The molecule has 0 saturated heterocycles. The molecule has 3 aromatic rings. The molecule has 0 aliphatic carbocycles. The Balaban J connectivity index is 2.12. The first kappa shape index (κ1) is 15.1. The SMILES string of the molecule is COc1ccc(OC)c(-c2nc3ccc(C(=O)CO)cc3[nH]2)c1. The Labute approximate surface area is 132 Å². The smallest absolute Gasteiger partial charge is 0.188 e. The molecule has 23 heavy (non-hydrogen) atoms. The third-order valence-corrected chi connectivity index (χ3v) is 3.61. The molecule has 0 radical (unpaired) electrons. The van der Waals surface area contributed by atoms with Crippen molar-refractivity contribution in [3.63, 3.8) is 0 Å². The molecule has 0 aliphatic heterocycles. The molecule has 0 bridgehead atoms. The molecular weight excluding hydrogens is 296 g/mol. The van der Waals surface area contributed by atoms with Gasteiger partial charge in [-0.3, -0.25) is 4.79 Å². The molecule has 0 fully saturated rings. The molecule has 0 saturated carbocycles. The maximum Gasteiger partial charge on any atom is 0.188 e. The molecule has 1 heterocycles. The standard InChI is InChI=1S/C17H16N2O4/c1-22-11-4-6-16(23-2)12(8-11)17-18-13-5-3-10(15(21)9-20)7-14(13)19-17/h3-8,20H,9H2,1-2H3,(H,18,19). The minimum atomic E-state index is -0.518. The number of imidazole rings is 1. The fourth-order valence-electron chi connectivity index (χ4n) is 2.40. The molecule has 6 nitrogen and oxygen atoms in total. The topological polar surface area (TPSA) is 84.4 Å². The lowest BCUT2D eigenvalue weighted by Crippen LogP contribution is -2.03. The Hall–Kier alpha value is -2.86. The molecule has 0 amide bonds. The van der Waals surface area contributed by atoms with E-state index in [4.69, 9.17) is 14.6 Å². The van der Waals surface area contributed by atoms with Crippen molar-refractivity contribution in [3.05, 3.63) is 42.0 Å². The number of carbonyl (C=O) groups is 1. The maximum atomic E-state index is 11.6. The predicted octanol–water partition coefficient (Wildman–Crippen LogP) is 2.42. The predicted molar refractivity (Wildman–Crippen MR) is 86.1 cm³/mol. The lowest BCUT2D eigenvalue weighted by Gasteiger charge is -2.08. The number of rotatable bonds is 5. The third kappa shape index (κ3) is 2.76. The number of aromatic amines is 1. The number of hydrogen-bond acceptors (Lipinski definition) is 5. The van der Waals surface area contributed by atoms with E-state index in [0.29, 0.717) is 28.4 Å². The summed E-state index contributed by atoms with van der Waals surface area (Å²) in [6.45, 7) is -0.518. The second kappa shape index (κ2) is 6.10. The summed E-state index contributed by atoms with van der Waals surface area (Å²) >= 11 is 0. The van der Waals surface area contributed by atoms with Crippen LogP contribution in [0.2, 0.25) is 0 Å². The van der Waals surface area contributed by atoms with Gasteiger partial charge in [0.2, 0.25) is 0 Å². The van der Waals surface area contributed by atoms with Crippen LogP contribution in [0, 0.1) is 0 Å². The fourth-order valence-corrected chi connectivity index (χ4v) is 2.40. The van der Waals surface area contributed by atoms with Crippen molar-refractivity contribution in [1.29, 1.82) is 0 Å². The van der Waals surface area contributed by atoms with Crippen molar-refractivity contribution >= 4 is 16.8 Å². The van der Waals surface area contributed by atoms with Gasteiger partial charge in [-0.05, 0) is 36.4 Å². The van der Waals surface area contributed by atoms with Crippen LogP contribution in [0.4, 0.5) is 0 Å². The number of benzene rings is 2. The molecule has 0 atom stereocenters. The number of hydrogen-bond donors (Lipinski definition) is 2. The van der Waals surface area contributed by atoms with Gasteiger partial charge in [-0.15, -0.1) is 0 Å². The number of ketones is 1. The van der Waals surface area contributed by atoms with Gasteiger partial charge in [0.15, 0.2) is 5.78 Å². The van der Waals surface area contributed by atoms with Crippen LogP contribution in [-0.2, 0) is 0 Å². The average Bonchev–Trinajstić information content (AvgIpc) is 3.03. The van der Waals surface area contributed by atoms with E-state index in [-0.39, 0.29) is 5.78 Å². The van der Waals surface area contributed by atoms with E-state index in [2.05, 4.69) is 9.97 Å². The Morgan fingerprint density at radius 3 is 2.70 bits per heavy atom. The van der Waals surface area contributed by atoms with Crippen LogP contribution in [0.3, 0.4) is 0 Å². The minimum absolute atomic E-state index is 0.331. The molecular formula is C17H16N2O4. The number of aliphatic hydroxyl groups excluding tert-OH is 1. The molecule has 2 N–H and O–H groups in total. The largest absolute Gasteiger partial charge is 0.497 e. The number of aromatic nitrogens is 2. The van der Waals surface area contributed by atoms with Gasteiger partial charge >= 0.3 is 0 Å². The van der Waals surface area contributed by atoms with E-state index < -0.39 is 6.61 Å². The molecule has 0 unspecified atom stereocenters. The summed E-state index contributed by atoms with van der Waals surface area (Å²) in [6.07, 6.45) is 0. The molecule has 0 spiro atoms. The van der Waals surface area contributed by atoms with Gasteiger partial charge in [0.25, 0.3) is 0 Å². The van der Waals surface area contributed by atoms with Crippen LogP contribution < -0.4 is 9.47 Å². The maximum absolute atomic E-state index is 11.6. The van der Waals surface area contributed by atoms with Crippen molar-refractivity contribution in [3.8, 4) is 22.9 Å². The minimum Gasteiger partial charge on any atom is -0.497 e. The summed E-state index contributed by atoms with van der Waals surface area (Å²) in [5.41, 5.74) is 2.63. The van der Waals surface area contributed by atoms with Crippen LogP contribution in [0.15, 0.2) is 36.4 Å². The van der Waals surface area contributed by atoms with E-state index in [1.807, 2.05) is 18.2 Å². The van der Waals surface area contributed by atoms with Crippen molar-refractivity contribution in [2.24, 2.45) is 0 Å². The van der Waals surface area contributed by atoms with E-state index in [1.165, 1.54) is 0 Å². The van der Waals surface area contributed by atoms with Gasteiger partial charge in [0.05, 0.1) is 30.8 Å². The van der Waals surface area contributed by atoms with Crippen molar-refractivity contribution in [2.45, 2.75) is 0 Å². The molecule has 118 valence electrons. The lowest BCUT2D eigenvalue weighted by atomic mass is 10.1. The monoisotopic (exact) mass is 312 g/mol. The number of fused-ring (bicyclic) bond motifs is 1. The molecule has 1 aromatic heterocycles. The van der Waals surface area contributed by atoms with E-state index in [0.717, 1.165) is 11.1 Å². The first-order valence-corrected chi connectivity index (χ1v) is 7.02. The third-order valence-electron chi connectivity index (χ3n) is 3.61. The van der Waals surface area contributed by atoms with Crippen LogP contribution >= 0.6 is 0 Å². The highest BCUT2D eigenvalue weighted by Crippen LogP contribution is 2.32. The van der Waals surface area contributed by atoms with E-state index in [1.54, 1.807) is 32.4 Å². The summed E-state index contributed by atoms with van der Waals surface area (Å²) in [5.74, 6) is 1.64. The first-order valence-electron chi connectivity index (χ1n) is 7.02. The van der Waals surface area contributed by atoms with Crippen molar-refractivity contribution in [1.82, 2.24) is 9.97 Å². The van der Waals surface area contributed by atoms with Gasteiger partial charge in [-0.1, -0.05) is 0 Å². The Morgan fingerprint density at radius 1 is 1.17 bits per heavy atom. The zero-order chi connectivity index (χ0) is 16.4. The summed E-state index contributed by atoms with van der Waals surface area (Å²) < 4.78 is 10.6. The number of nitrogens with zero attached hydrogens (tertiary/aromatic N) is 1. The summed E-state index contributed by atoms with van der Waals surface area (Å²) in [4.78, 5) is 19.3. The van der Waals surface area contributed by atoms with Crippen LogP contribution in [0.1, 0.15) is 10.4 Å². The van der Waals surface area contributed by atoms with Crippen molar-refractivity contribution < 1.29 is 19.4 Å². The zero-order valence-corrected chi connectivity index (χ0v) is 12.8. The number of methoxy groups -OCH3 is 2. The fraction of sp³-hybridized carbons (Fsp3) is 0.176. The lowest BCUT2D eigenvalue weighted by molar-refractivity contribution is 0.0904. The van der Waals surface area contributed by atoms with Gasteiger partial charge in [-0.25, -0.2) is 4.98 Å². The first-order chi connectivity index (χ1) is 11.2. The number of nitrogens with one attached hydrogen (secondary N) is 1. The normalized spacial score (nSPS) is 10.7. The molecule has 6 heteroatoms. The number of Topliss-reactive ketones (excluding diaryl/α,β-unsaturated/α-hetero) is 1. The summed E-state index contributed by atoms with van der Waals surface area (Å²) in [6, 6.07) is 10.5. The Morgan fingerprint density at radius 2 is 2.00 bits per heavy atom. The zero-order valence-electron chi connectivity index (χ0n) is 12.8. The Kier molecular flexibility index (Phi) is 3.99. The van der Waals surface area contributed by atoms with Crippen LogP contribution in [0.25, 0.3) is 22.4 Å². The van der Waals surface area contributed by atoms with Gasteiger partial charge < -0.3 is 19.6 Å². The van der Waals surface area contributed by atoms with Crippen LogP contribution in [-0.4, -0.2) is 41.7 Å². The number of H-pyrrole nitrogens is 1. The highest BCUT2D eigenvalue weighted by atomic mass is 16.5. The highest BCUT2D eigenvalue weighted by Gasteiger charge is 2.13. The van der Waals surface area contributed by atoms with Crippen LogP contribution in [0.5, 0.6) is 11.5 Å². The second-order valence-corrected chi connectivity index (χ2v) is 4.96. The summed E-state index contributed by atoms with van der Waals surface area (Å²) in [5, 5.41) is 8.96. The van der Waals surface area contributed by atoms with Gasteiger partial charge in [0, 0.05) is 5.56 Å². The average molecular weight is 312 g/mol. The number of ether oxygens (including phenoxy) is 2. The number of aliphatic hydroxyl groups is 1. The quantitative estimate of drug-likeness (QED) is 0.707. The number of carbonyl (C=O) groups excluding carboxylic acids is 1. The molecule has 0 aliphatic rings. The molecule has 2 aromatic carbocycles. The van der Waals surface area contributed by atoms with E-state index >= 15 is 0 Å². The second-order valence-electron chi connectivity index (χ2n) is 4.96. The summed E-state index contributed by atoms with van der Waals surface area (Å²) in [7, 11) is 3.18. The highest BCUT2D eigenvalue weighted by molar-refractivity contribution is 5.99. The van der Waals surface area contributed by atoms with Gasteiger partial charge in [-0.2, -0.15) is 0 Å². The van der Waals surface area contributed by atoms with Gasteiger partial charge in [0.1, 0.15) is 23.9 Å². The van der Waals surface area contributed by atoms with Crippen molar-refractivity contribution in [2.75, 3.05) is 20.8 Å². The molecule has 3 rings (SSSR count). The van der Waals surface area contributed by atoms with E-state index in [9.17, 15) is 4.79 Å². The Bertz CT molecular complexity index is 870.